The average Bonchev–Trinajstić information content (AvgIpc) is 3.27. The number of fused-ring (bicyclic) bond motifs is 1. The summed E-state index contributed by atoms with van der Waals surface area (Å²) in [5.74, 6) is 0.471. The van der Waals surface area contributed by atoms with Crippen LogP contribution in [-0.4, -0.2) is 12.6 Å². The summed E-state index contributed by atoms with van der Waals surface area (Å²) in [5.41, 5.74) is 15.0. The summed E-state index contributed by atoms with van der Waals surface area (Å²) in [6.45, 7) is 5.14. The number of benzene rings is 3. The molecule has 0 spiro atoms. The van der Waals surface area contributed by atoms with Crippen LogP contribution in [0.5, 0.6) is 5.75 Å². The first-order valence-corrected chi connectivity index (χ1v) is 11.1. The first kappa shape index (κ1) is 21.8. The maximum atomic E-state index is 12.0. The second-order valence-electron chi connectivity index (χ2n) is 8.10. The van der Waals surface area contributed by atoms with Crippen LogP contribution >= 0.6 is 0 Å². The molecule has 0 heterocycles. The van der Waals surface area contributed by atoms with Crippen LogP contribution in [0, 0.1) is 6.92 Å². The number of hydrogen-bond donors (Lipinski definition) is 1. The van der Waals surface area contributed by atoms with Gasteiger partial charge < -0.3 is 15.2 Å². The maximum Gasteiger partial charge on any atom is 0.310 e. The van der Waals surface area contributed by atoms with Crippen molar-refractivity contribution in [1.29, 1.82) is 0 Å². The van der Waals surface area contributed by atoms with Crippen molar-refractivity contribution < 1.29 is 14.3 Å². The van der Waals surface area contributed by atoms with E-state index in [9.17, 15) is 4.79 Å². The van der Waals surface area contributed by atoms with E-state index < -0.39 is 0 Å². The molecule has 0 radical (unpaired) electrons. The lowest BCUT2D eigenvalue weighted by Gasteiger charge is -2.16. The Morgan fingerprint density at radius 2 is 1.94 bits per heavy atom. The highest BCUT2D eigenvalue weighted by Gasteiger charge is 2.16. The molecule has 0 amide bonds. The van der Waals surface area contributed by atoms with E-state index in [0.717, 1.165) is 28.7 Å². The fourth-order valence-electron chi connectivity index (χ4n) is 4.16. The summed E-state index contributed by atoms with van der Waals surface area (Å²) in [5, 5.41) is 0. The zero-order valence-electron chi connectivity index (χ0n) is 18.7. The van der Waals surface area contributed by atoms with Crippen molar-refractivity contribution in [3.05, 3.63) is 94.1 Å². The Hall–Kier alpha value is -3.37. The quantitative estimate of drug-likeness (QED) is 0.491. The minimum absolute atomic E-state index is 0.203. The normalized spacial score (nSPS) is 12.0. The minimum atomic E-state index is -0.243. The van der Waals surface area contributed by atoms with Crippen LogP contribution in [0.25, 0.3) is 17.2 Å². The van der Waals surface area contributed by atoms with E-state index >= 15 is 0 Å². The van der Waals surface area contributed by atoms with Gasteiger partial charge in [-0.2, -0.15) is 0 Å². The third-order valence-electron chi connectivity index (χ3n) is 5.69. The van der Waals surface area contributed by atoms with Gasteiger partial charge in [0.2, 0.25) is 0 Å². The molecule has 4 heteroatoms. The highest BCUT2D eigenvalue weighted by molar-refractivity contribution is 5.77. The molecule has 0 aromatic heterocycles. The van der Waals surface area contributed by atoms with Crippen LogP contribution in [-0.2, 0) is 35.5 Å². The zero-order chi connectivity index (χ0) is 22.5. The van der Waals surface area contributed by atoms with Gasteiger partial charge in [-0.15, -0.1) is 0 Å². The van der Waals surface area contributed by atoms with Gasteiger partial charge >= 0.3 is 5.97 Å². The molecule has 4 nitrogen and oxygen atoms in total. The Morgan fingerprint density at radius 3 is 2.75 bits per heavy atom. The van der Waals surface area contributed by atoms with Gasteiger partial charge in [0.1, 0.15) is 12.4 Å². The van der Waals surface area contributed by atoms with E-state index in [2.05, 4.69) is 48.6 Å². The number of aryl methyl sites for hydroxylation is 1. The van der Waals surface area contributed by atoms with Crippen molar-refractivity contribution >= 4 is 12.0 Å². The molecule has 1 aliphatic rings. The molecule has 32 heavy (non-hydrogen) atoms. The second-order valence-corrected chi connectivity index (χ2v) is 8.10. The number of ether oxygens (including phenoxy) is 2. The highest BCUT2D eigenvalue weighted by Crippen LogP contribution is 2.34. The van der Waals surface area contributed by atoms with Gasteiger partial charge in [0, 0.05) is 12.1 Å². The molecule has 0 saturated heterocycles. The van der Waals surface area contributed by atoms with E-state index in [1.54, 1.807) is 0 Å². The monoisotopic (exact) mass is 427 g/mol. The van der Waals surface area contributed by atoms with Gasteiger partial charge in [0.15, 0.2) is 0 Å². The van der Waals surface area contributed by atoms with Gasteiger partial charge in [-0.3, -0.25) is 4.79 Å². The fraction of sp³-hybridized carbons (Fsp3) is 0.250. The van der Waals surface area contributed by atoms with Crippen molar-refractivity contribution in [2.75, 3.05) is 6.61 Å². The fourth-order valence-corrected chi connectivity index (χ4v) is 4.16. The Balaban J connectivity index is 1.61. The highest BCUT2D eigenvalue weighted by atomic mass is 16.5. The molecule has 0 aliphatic heterocycles. The molecule has 0 unspecified atom stereocenters. The third kappa shape index (κ3) is 4.92. The Bertz CT molecular complexity index is 1160. The van der Waals surface area contributed by atoms with Gasteiger partial charge in [-0.05, 0) is 77.9 Å². The number of hydrogen-bond acceptors (Lipinski definition) is 4. The summed E-state index contributed by atoms with van der Waals surface area (Å²) in [4.78, 5) is 12.0. The van der Waals surface area contributed by atoms with Crippen LogP contribution in [0.3, 0.4) is 0 Å². The number of carbonyl (C=O) groups excluding carboxylic acids is 1. The summed E-state index contributed by atoms with van der Waals surface area (Å²) < 4.78 is 11.3. The van der Waals surface area contributed by atoms with Crippen molar-refractivity contribution in [2.45, 2.75) is 39.8 Å². The molecule has 3 aromatic carbocycles. The minimum Gasteiger partial charge on any atom is -0.489 e. The Morgan fingerprint density at radius 1 is 1.06 bits per heavy atom. The van der Waals surface area contributed by atoms with Crippen LogP contribution in [0.2, 0.25) is 0 Å². The molecule has 164 valence electrons. The van der Waals surface area contributed by atoms with Crippen LogP contribution in [0.4, 0.5) is 0 Å². The molecule has 1 aliphatic carbocycles. The average molecular weight is 428 g/mol. The number of rotatable bonds is 8. The lowest BCUT2D eigenvalue weighted by Crippen LogP contribution is -2.09. The smallest absolute Gasteiger partial charge is 0.310 e. The zero-order valence-corrected chi connectivity index (χ0v) is 18.7. The lowest BCUT2D eigenvalue weighted by molar-refractivity contribution is -0.142. The summed E-state index contributed by atoms with van der Waals surface area (Å²) in [6.07, 6.45) is 5.51. The Labute approximate surface area is 189 Å². The predicted molar refractivity (Wildman–Crippen MR) is 128 cm³/mol. The van der Waals surface area contributed by atoms with E-state index in [1.807, 2.05) is 32.0 Å². The molecule has 0 atom stereocenters. The molecule has 4 rings (SSSR count). The van der Waals surface area contributed by atoms with E-state index in [1.165, 1.54) is 22.3 Å². The Kier molecular flexibility index (Phi) is 6.72. The molecule has 0 saturated carbocycles. The first-order valence-electron chi connectivity index (χ1n) is 11.1. The number of allylic oxidation sites excluding steroid dienone is 1. The van der Waals surface area contributed by atoms with Gasteiger partial charge in [-0.1, -0.05) is 48.0 Å². The summed E-state index contributed by atoms with van der Waals surface area (Å²) >= 11 is 0. The standard InChI is InChI=1S/C28H29NO3/c1-3-31-28(30)16-24-12-19(2)10-11-27(24)32-18-21-14-22-8-5-9-25(22)26(15-21)23-7-4-6-20(13-23)17-29/h4-8,10-15H,3,9,16-18,29H2,1-2H3. The van der Waals surface area contributed by atoms with Crippen molar-refractivity contribution in [1.82, 2.24) is 0 Å². The van der Waals surface area contributed by atoms with Crippen molar-refractivity contribution in [2.24, 2.45) is 5.73 Å². The number of esters is 1. The van der Waals surface area contributed by atoms with Crippen molar-refractivity contribution in [3.63, 3.8) is 0 Å². The second kappa shape index (κ2) is 9.84. The van der Waals surface area contributed by atoms with Crippen LogP contribution < -0.4 is 10.5 Å². The maximum absolute atomic E-state index is 12.0. The molecular weight excluding hydrogens is 398 g/mol. The van der Waals surface area contributed by atoms with E-state index in [0.29, 0.717) is 25.5 Å². The first-order chi connectivity index (χ1) is 15.6. The molecular formula is C28H29NO3. The van der Waals surface area contributed by atoms with Crippen molar-refractivity contribution in [3.8, 4) is 16.9 Å². The largest absolute Gasteiger partial charge is 0.489 e. The number of nitrogens with two attached hydrogens (primary N) is 1. The topological polar surface area (TPSA) is 61.5 Å². The van der Waals surface area contributed by atoms with Crippen LogP contribution in [0.15, 0.2) is 60.7 Å². The van der Waals surface area contributed by atoms with E-state index in [4.69, 9.17) is 15.2 Å². The van der Waals surface area contributed by atoms with E-state index in [-0.39, 0.29) is 12.4 Å². The number of carbonyl (C=O) groups is 1. The van der Waals surface area contributed by atoms with Gasteiger partial charge in [0.25, 0.3) is 0 Å². The summed E-state index contributed by atoms with van der Waals surface area (Å²) in [7, 11) is 0. The third-order valence-corrected chi connectivity index (χ3v) is 5.69. The molecule has 0 fully saturated rings. The molecule has 0 bridgehead atoms. The van der Waals surface area contributed by atoms with Gasteiger partial charge in [-0.25, -0.2) is 0 Å². The lowest BCUT2D eigenvalue weighted by atomic mass is 9.93. The van der Waals surface area contributed by atoms with Crippen LogP contribution in [0.1, 0.15) is 40.3 Å². The molecule has 3 aromatic rings. The summed E-state index contributed by atoms with van der Waals surface area (Å²) in [6, 6.07) is 18.7. The predicted octanol–water partition coefficient (Wildman–Crippen LogP) is 5.37. The SMILES string of the molecule is CCOC(=O)Cc1cc(C)ccc1OCc1cc2c(c(-c3cccc(CN)c3)c1)CC=C2. The van der Waals surface area contributed by atoms with Gasteiger partial charge in [0.05, 0.1) is 13.0 Å². The molecule has 2 N–H and O–H groups in total.